The minimum atomic E-state index is -0.164. The van der Waals surface area contributed by atoms with Crippen LogP contribution in [0.5, 0.6) is 0 Å². The second-order valence-corrected chi connectivity index (χ2v) is 3.36. The Kier molecular flexibility index (Phi) is 1.60. The molecule has 0 spiro atoms. The summed E-state index contributed by atoms with van der Waals surface area (Å²) in [5.41, 5.74) is 1.42. The fraction of sp³-hybridized carbons (Fsp3) is 0.667. The lowest BCUT2D eigenvalue weighted by atomic mass is 9.73. The van der Waals surface area contributed by atoms with Crippen molar-refractivity contribution in [3.63, 3.8) is 0 Å². The van der Waals surface area contributed by atoms with Gasteiger partial charge in [-0.25, -0.2) is 4.79 Å². The Balaban J connectivity index is 1.91. The molecule has 0 aromatic heterocycles. The first kappa shape index (κ1) is 7.65. The van der Waals surface area contributed by atoms with Crippen molar-refractivity contribution in [2.24, 2.45) is 5.92 Å². The topological polar surface area (TPSA) is 29.5 Å². The van der Waals surface area contributed by atoms with E-state index in [4.69, 9.17) is 4.74 Å². The summed E-state index contributed by atoms with van der Waals surface area (Å²) in [6, 6.07) is 0.351. The molecule has 1 aliphatic carbocycles. The molecule has 2 atom stereocenters. The van der Waals surface area contributed by atoms with Crippen LogP contribution in [0.3, 0.4) is 0 Å². The molecule has 2 unspecified atom stereocenters. The van der Waals surface area contributed by atoms with Crippen LogP contribution < -0.4 is 0 Å². The van der Waals surface area contributed by atoms with E-state index in [2.05, 4.69) is 13.0 Å². The number of rotatable bonds is 1. The molecule has 66 valence electrons. The highest BCUT2D eigenvalue weighted by atomic mass is 16.6. The van der Waals surface area contributed by atoms with Crippen molar-refractivity contribution in [2.45, 2.75) is 19.9 Å². The standard InChI is InChI=1S/C9H13NO2/c1-3-12-9(11)10-5-7-6(2)4-8(7)10/h4,7-8H,3,5H2,1-2H3. The van der Waals surface area contributed by atoms with Crippen molar-refractivity contribution in [1.82, 2.24) is 4.90 Å². The Hall–Kier alpha value is -0.990. The summed E-state index contributed by atoms with van der Waals surface area (Å²) < 4.78 is 4.89. The monoisotopic (exact) mass is 167 g/mol. The number of carbonyl (C=O) groups excluding carboxylic acids is 1. The van der Waals surface area contributed by atoms with Crippen molar-refractivity contribution in [2.75, 3.05) is 13.2 Å². The van der Waals surface area contributed by atoms with Crippen molar-refractivity contribution in [3.8, 4) is 0 Å². The van der Waals surface area contributed by atoms with Crippen LogP contribution >= 0.6 is 0 Å². The molecule has 2 aliphatic rings. The summed E-state index contributed by atoms with van der Waals surface area (Å²) >= 11 is 0. The molecule has 1 saturated heterocycles. The maximum absolute atomic E-state index is 11.2. The Labute approximate surface area is 72.0 Å². The van der Waals surface area contributed by atoms with Crippen LogP contribution in [0, 0.1) is 5.92 Å². The van der Waals surface area contributed by atoms with Crippen molar-refractivity contribution < 1.29 is 9.53 Å². The Morgan fingerprint density at radius 3 is 3.00 bits per heavy atom. The number of fused-ring (bicyclic) bond motifs is 1. The maximum atomic E-state index is 11.2. The van der Waals surface area contributed by atoms with Gasteiger partial charge in [-0.3, -0.25) is 0 Å². The highest BCUT2D eigenvalue weighted by Gasteiger charge is 2.47. The lowest BCUT2D eigenvalue weighted by molar-refractivity contribution is 0.0266. The quantitative estimate of drug-likeness (QED) is 0.552. The fourth-order valence-electron chi connectivity index (χ4n) is 1.82. The largest absolute Gasteiger partial charge is 0.450 e. The molecule has 0 bridgehead atoms. The molecule has 12 heavy (non-hydrogen) atoms. The van der Waals surface area contributed by atoms with Gasteiger partial charge in [0.25, 0.3) is 0 Å². The fourth-order valence-corrected chi connectivity index (χ4v) is 1.82. The van der Waals surface area contributed by atoms with Crippen LogP contribution in [0.25, 0.3) is 0 Å². The highest BCUT2D eigenvalue weighted by molar-refractivity contribution is 5.71. The number of hydrogen-bond donors (Lipinski definition) is 0. The van der Waals surface area contributed by atoms with E-state index in [1.165, 1.54) is 5.57 Å². The first-order valence-electron chi connectivity index (χ1n) is 4.35. The summed E-state index contributed by atoms with van der Waals surface area (Å²) in [5.74, 6) is 0.634. The summed E-state index contributed by atoms with van der Waals surface area (Å²) in [4.78, 5) is 13.0. The molecule has 3 nitrogen and oxygen atoms in total. The second-order valence-electron chi connectivity index (χ2n) is 3.36. The van der Waals surface area contributed by atoms with Gasteiger partial charge in [0.1, 0.15) is 0 Å². The number of ether oxygens (including phenoxy) is 1. The Morgan fingerprint density at radius 1 is 1.83 bits per heavy atom. The third-order valence-corrected chi connectivity index (χ3v) is 2.69. The smallest absolute Gasteiger partial charge is 0.410 e. The van der Waals surface area contributed by atoms with Gasteiger partial charge in [-0.2, -0.15) is 0 Å². The molecular weight excluding hydrogens is 154 g/mol. The molecule has 2 rings (SSSR count). The number of carbonyl (C=O) groups is 1. The van der Waals surface area contributed by atoms with E-state index in [1.807, 2.05) is 6.92 Å². The van der Waals surface area contributed by atoms with Gasteiger partial charge in [0.2, 0.25) is 0 Å². The third kappa shape index (κ3) is 0.854. The lowest BCUT2D eigenvalue weighted by Gasteiger charge is -2.52. The minimum Gasteiger partial charge on any atom is -0.450 e. The predicted molar refractivity (Wildman–Crippen MR) is 44.8 cm³/mol. The normalized spacial score (nSPS) is 31.2. The van der Waals surface area contributed by atoms with E-state index >= 15 is 0 Å². The Bertz CT molecular complexity index is 247. The van der Waals surface area contributed by atoms with Gasteiger partial charge in [-0.15, -0.1) is 0 Å². The van der Waals surface area contributed by atoms with Crippen LogP contribution in [-0.4, -0.2) is 30.2 Å². The SMILES string of the molecule is CCOC(=O)N1CC2C(C)=CC21. The lowest BCUT2D eigenvalue weighted by Crippen LogP contribution is -2.62. The van der Waals surface area contributed by atoms with Crippen molar-refractivity contribution in [3.05, 3.63) is 11.6 Å². The zero-order chi connectivity index (χ0) is 8.72. The number of nitrogens with zero attached hydrogens (tertiary/aromatic N) is 1. The number of likely N-dealkylation sites (tertiary alicyclic amines) is 1. The Morgan fingerprint density at radius 2 is 2.58 bits per heavy atom. The van der Waals surface area contributed by atoms with Crippen LogP contribution in [0.2, 0.25) is 0 Å². The molecule has 1 amide bonds. The van der Waals surface area contributed by atoms with Gasteiger partial charge in [-0.05, 0) is 13.8 Å². The average molecular weight is 167 g/mol. The van der Waals surface area contributed by atoms with Gasteiger partial charge >= 0.3 is 6.09 Å². The highest BCUT2D eigenvalue weighted by Crippen LogP contribution is 2.40. The zero-order valence-electron chi connectivity index (χ0n) is 7.41. The van der Waals surface area contributed by atoms with Crippen LogP contribution in [0.1, 0.15) is 13.8 Å². The molecule has 1 aliphatic heterocycles. The first-order chi connectivity index (χ1) is 5.74. The molecule has 1 fully saturated rings. The molecule has 0 aromatic rings. The van der Waals surface area contributed by atoms with Gasteiger partial charge in [0.05, 0.1) is 12.6 Å². The van der Waals surface area contributed by atoms with Gasteiger partial charge < -0.3 is 9.64 Å². The van der Waals surface area contributed by atoms with Gasteiger partial charge in [0.15, 0.2) is 0 Å². The van der Waals surface area contributed by atoms with E-state index < -0.39 is 0 Å². The third-order valence-electron chi connectivity index (χ3n) is 2.69. The average Bonchev–Trinajstić information content (AvgIpc) is 2.00. The summed E-state index contributed by atoms with van der Waals surface area (Å²) in [6.07, 6.45) is 1.97. The number of hydrogen-bond acceptors (Lipinski definition) is 2. The minimum absolute atomic E-state index is 0.164. The van der Waals surface area contributed by atoms with Crippen LogP contribution in [0.4, 0.5) is 4.79 Å². The summed E-state index contributed by atoms with van der Waals surface area (Å²) in [7, 11) is 0. The molecule has 1 heterocycles. The molecule has 0 saturated carbocycles. The zero-order valence-corrected chi connectivity index (χ0v) is 7.41. The first-order valence-corrected chi connectivity index (χ1v) is 4.35. The van der Waals surface area contributed by atoms with E-state index in [0.29, 0.717) is 18.6 Å². The van der Waals surface area contributed by atoms with Gasteiger partial charge in [0, 0.05) is 12.5 Å². The second kappa shape index (κ2) is 2.51. The summed E-state index contributed by atoms with van der Waals surface area (Å²) in [5, 5.41) is 0. The summed E-state index contributed by atoms with van der Waals surface area (Å²) in [6.45, 7) is 5.27. The molecule has 0 radical (unpaired) electrons. The molecule has 3 heteroatoms. The predicted octanol–water partition coefficient (Wildman–Crippen LogP) is 1.40. The van der Waals surface area contributed by atoms with E-state index in [1.54, 1.807) is 4.90 Å². The van der Waals surface area contributed by atoms with Gasteiger partial charge in [-0.1, -0.05) is 11.6 Å². The molecule has 0 N–H and O–H groups in total. The van der Waals surface area contributed by atoms with Crippen molar-refractivity contribution in [1.29, 1.82) is 0 Å². The van der Waals surface area contributed by atoms with E-state index in [-0.39, 0.29) is 6.09 Å². The van der Waals surface area contributed by atoms with Crippen LogP contribution in [0.15, 0.2) is 11.6 Å². The van der Waals surface area contributed by atoms with E-state index in [9.17, 15) is 4.79 Å². The number of amides is 1. The van der Waals surface area contributed by atoms with Crippen LogP contribution in [-0.2, 0) is 4.74 Å². The maximum Gasteiger partial charge on any atom is 0.410 e. The van der Waals surface area contributed by atoms with Crippen molar-refractivity contribution >= 4 is 6.09 Å². The molecular formula is C9H13NO2. The molecule has 0 aromatic carbocycles. The van der Waals surface area contributed by atoms with E-state index in [0.717, 1.165) is 6.54 Å².